The number of nitrogens with zero attached hydrogens (tertiary/aromatic N) is 2. The Kier molecular flexibility index (Phi) is 8.54. The topological polar surface area (TPSA) is 111 Å². The molecule has 2 aliphatic heterocycles. The van der Waals surface area contributed by atoms with Gasteiger partial charge in [-0.15, -0.1) is 0 Å². The van der Waals surface area contributed by atoms with Crippen molar-refractivity contribution in [3.05, 3.63) is 29.3 Å². The van der Waals surface area contributed by atoms with E-state index in [2.05, 4.69) is 22.0 Å². The molecule has 0 bridgehead atoms. The third-order valence-electron chi connectivity index (χ3n) is 9.08. The SMILES string of the molecule is CCN(CC)C(=O)CNC1CCC(Nc2cccc3c2[C@@H](CCC2CC2)N([C@@H]2CCC(=O)NC2=O)C3=O)CC1. The molecule has 1 aromatic carbocycles. The van der Waals surface area contributed by atoms with Gasteiger partial charge < -0.3 is 20.4 Å². The molecular weight excluding hydrogens is 494 g/mol. The minimum absolute atomic E-state index is 0.102. The molecule has 212 valence electrons. The highest BCUT2D eigenvalue weighted by Crippen LogP contribution is 2.46. The van der Waals surface area contributed by atoms with Gasteiger partial charge in [-0.05, 0) is 76.8 Å². The largest absolute Gasteiger partial charge is 0.382 e. The number of nitrogens with one attached hydrogen (secondary N) is 3. The summed E-state index contributed by atoms with van der Waals surface area (Å²) in [4.78, 5) is 54.3. The number of hydrogen-bond donors (Lipinski definition) is 3. The summed E-state index contributed by atoms with van der Waals surface area (Å²) in [6, 6.07) is 5.72. The van der Waals surface area contributed by atoms with Gasteiger partial charge in [0.05, 0.1) is 12.6 Å². The second-order valence-corrected chi connectivity index (χ2v) is 11.6. The molecule has 0 aromatic heterocycles. The Morgan fingerprint density at radius 3 is 2.36 bits per heavy atom. The molecule has 4 aliphatic rings. The van der Waals surface area contributed by atoms with Crippen LogP contribution in [0.25, 0.3) is 0 Å². The highest BCUT2D eigenvalue weighted by atomic mass is 16.2. The lowest BCUT2D eigenvalue weighted by atomic mass is 9.90. The van der Waals surface area contributed by atoms with Crippen LogP contribution in [0, 0.1) is 5.92 Å². The third-order valence-corrected chi connectivity index (χ3v) is 9.08. The molecule has 2 saturated carbocycles. The van der Waals surface area contributed by atoms with Crippen LogP contribution >= 0.6 is 0 Å². The maximum absolute atomic E-state index is 13.7. The standard InChI is InChI=1S/C30H43N5O4/c1-3-34(4-2)27(37)18-31-20-11-13-21(14-12-20)32-23-7-5-6-22-28(23)24(15-10-19-8-9-19)35(30(22)39)25-16-17-26(36)33-29(25)38/h5-7,19-21,24-25,31-32H,3-4,8-18H2,1-2H3,(H,33,36,38)/t20?,21?,24-,25-/m1/s1. The van der Waals surface area contributed by atoms with Gasteiger partial charge in [-0.3, -0.25) is 24.5 Å². The summed E-state index contributed by atoms with van der Waals surface area (Å²) in [5.74, 6) is 0.144. The highest BCUT2D eigenvalue weighted by Gasteiger charge is 2.46. The van der Waals surface area contributed by atoms with Crippen LogP contribution in [-0.2, 0) is 14.4 Å². The molecule has 2 heterocycles. The van der Waals surface area contributed by atoms with Crippen LogP contribution in [-0.4, -0.2) is 71.2 Å². The first-order chi connectivity index (χ1) is 18.9. The molecule has 0 unspecified atom stereocenters. The van der Waals surface area contributed by atoms with Crippen molar-refractivity contribution < 1.29 is 19.2 Å². The molecule has 1 aromatic rings. The van der Waals surface area contributed by atoms with E-state index in [-0.39, 0.29) is 42.1 Å². The Labute approximate surface area is 231 Å². The Balaban J connectivity index is 1.26. The van der Waals surface area contributed by atoms with Gasteiger partial charge in [-0.1, -0.05) is 18.9 Å². The van der Waals surface area contributed by atoms with Gasteiger partial charge in [-0.25, -0.2) is 0 Å². The summed E-state index contributed by atoms with van der Waals surface area (Å²) in [7, 11) is 0. The van der Waals surface area contributed by atoms with Crippen LogP contribution in [0.15, 0.2) is 18.2 Å². The lowest BCUT2D eigenvalue weighted by Gasteiger charge is -2.35. The van der Waals surface area contributed by atoms with Gasteiger partial charge in [0.15, 0.2) is 0 Å². The van der Waals surface area contributed by atoms with Crippen molar-refractivity contribution in [3.8, 4) is 0 Å². The van der Waals surface area contributed by atoms with Crippen LogP contribution in [0.5, 0.6) is 0 Å². The number of benzene rings is 1. The second-order valence-electron chi connectivity index (χ2n) is 11.6. The first-order valence-electron chi connectivity index (χ1n) is 15.0. The quantitative estimate of drug-likeness (QED) is 0.374. The highest BCUT2D eigenvalue weighted by molar-refractivity contribution is 6.06. The summed E-state index contributed by atoms with van der Waals surface area (Å²) in [5, 5.41) is 9.67. The van der Waals surface area contributed by atoms with Crippen LogP contribution < -0.4 is 16.0 Å². The van der Waals surface area contributed by atoms with E-state index in [0.29, 0.717) is 30.5 Å². The first kappa shape index (κ1) is 27.6. The molecular formula is C30H43N5O4. The normalized spacial score (nSPS) is 26.8. The number of piperidine rings is 1. The third kappa shape index (κ3) is 6.13. The van der Waals surface area contributed by atoms with Crippen molar-refractivity contribution in [1.82, 2.24) is 20.4 Å². The van der Waals surface area contributed by atoms with Crippen molar-refractivity contribution in [2.75, 3.05) is 25.0 Å². The summed E-state index contributed by atoms with van der Waals surface area (Å²) in [6.45, 7) is 5.87. The maximum Gasteiger partial charge on any atom is 0.255 e. The Morgan fingerprint density at radius 2 is 1.69 bits per heavy atom. The Hall–Kier alpha value is -2.94. The lowest BCUT2D eigenvalue weighted by molar-refractivity contribution is -0.137. The van der Waals surface area contributed by atoms with E-state index < -0.39 is 6.04 Å². The number of rotatable bonds is 11. The van der Waals surface area contributed by atoms with E-state index in [9.17, 15) is 19.2 Å². The molecule has 0 spiro atoms. The summed E-state index contributed by atoms with van der Waals surface area (Å²) >= 11 is 0. The molecule has 3 fully saturated rings. The molecule has 39 heavy (non-hydrogen) atoms. The molecule has 9 heteroatoms. The van der Waals surface area contributed by atoms with Crippen LogP contribution in [0.3, 0.4) is 0 Å². The first-order valence-corrected chi connectivity index (χ1v) is 15.0. The Bertz CT molecular complexity index is 1090. The van der Waals surface area contributed by atoms with E-state index in [4.69, 9.17) is 0 Å². The van der Waals surface area contributed by atoms with Crippen LogP contribution in [0.4, 0.5) is 5.69 Å². The van der Waals surface area contributed by atoms with Gasteiger partial charge in [-0.2, -0.15) is 0 Å². The van der Waals surface area contributed by atoms with Gasteiger partial charge in [0.1, 0.15) is 6.04 Å². The molecule has 4 amide bonds. The number of imide groups is 1. The van der Waals surface area contributed by atoms with E-state index in [1.54, 1.807) is 4.90 Å². The lowest BCUT2D eigenvalue weighted by Crippen LogP contribution is -2.53. The minimum atomic E-state index is -0.611. The number of carbonyl (C=O) groups is 4. The average molecular weight is 538 g/mol. The van der Waals surface area contributed by atoms with Crippen molar-refractivity contribution in [3.63, 3.8) is 0 Å². The smallest absolute Gasteiger partial charge is 0.255 e. The summed E-state index contributed by atoms with van der Waals surface area (Å²) < 4.78 is 0. The van der Waals surface area contributed by atoms with Crippen molar-refractivity contribution in [2.24, 2.45) is 5.92 Å². The molecule has 9 nitrogen and oxygen atoms in total. The number of fused-ring (bicyclic) bond motifs is 1. The molecule has 5 rings (SSSR count). The van der Waals surface area contributed by atoms with Crippen molar-refractivity contribution >= 4 is 29.3 Å². The van der Waals surface area contributed by atoms with Crippen LogP contribution in [0.1, 0.15) is 100 Å². The van der Waals surface area contributed by atoms with Gasteiger partial charge in [0, 0.05) is 48.4 Å². The number of likely N-dealkylation sites (N-methyl/N-ethyl adjacent to an activating group) is 1. The summed E-state index contributed by atoms with van der Waals surface area (Å²) in [5.41, 5.74) is 2.68. The maximum atomic E-state index is 13.7. The predicted molar refractivity (Wildman–Crippen MR) is 149 cm³/mol. The fraction of sp³-hybridized carbons (Fsp3) is 0.667. The molecule has 2 atom stereocenters. The molecule has 3 N–H and O–H groups in total. The number of anilines is 1. The van der Waals surface area contributed by atoms with Gasteiger partial charge in [0.25, 0.3) is 5.91 Å². The van der Waals surface area contributed by atoms with E-state index >= 15 is 0 Å². The second kappa shape index (κ2) is 12.1. The zero-order chi connectivity index (χ0) is 27.5. The molecule has 0 radical (unpaired) electrons. The number of amides is 4. The van der Waals surface area contributed by atoms with E-state index in [1.165, 1.54) is 12.8 Å². The van der Waals surface area contributed by atoms with Gasteiger partial charge in [0.2, 0.25) is 17.7 Å². The zero-order valence-electron chi connectivity index (χ0n) is 23.3. The summed E-state index contributed by atoms with van der Waals surface area (Å²) in [6.07, 6.45) is 8.93. The fourth-order valence-electron chi connectivity index (χ4n) is 6.63. The van der Waals surface area contributed by atoms with Crippen LogP contribution in [0.2, 0.25) is 0 Å². The predicted octanol–water partition coefficient (Wildman–Crippen LogP) is 3.36. The van der Waals surface area contributed by atoms with Crippen molar-refractivity contribution in [1.29, 1.82) is 0 Å². The molecule has 1 saturated heterocycles. The van der Waals surface area contributed by atoms with Gasteiger partial charge >= 0.3 is 0 Å². The Morgan fingerprint density at radius 1 is 0.974 bits per heavy atom. The van der Waals surface area contributed by atoms with E-state index in [1.807, 2.05) is 30.9 Å². The van der Waals surface area contributed by atoms with E-state index in [0.717, 1.165) is 62.9 Å². The van der Waals surface area contributed by atoms with Crippen molar-refractivity contribution in [2.45, 2.75) is 102 Å². The minimum Gasteiger partial charge on any atom is -0.382 e. The fourth-order valence-corrected chi connectivity index (χ4v) is 6.63. The number of hydrogen-bond acceptors (Lipinski definition) is 6. The molecule has 2 aliphatic carbocycles. The zero-order valence-corrected chi connectivity index (χ0v) is 23.3. The monoisotopic (exact) mass is 537 g/mol. The number of carbonyl (C=O) groups excluding carboxylic acids is 4. The average Bonchev–Trinajstić information content (AvgIpc) is 3.72.